The zero-order valence-corrected chi connectivity index (χ0v) is 13.3. The molecule has 1 saturated carbocycles. The first-order valence-corrected chi connectivity index (χ1v) is 7.86. The summed E-state index contributed by atoms with van der Waals surface area (Å²) in [6, 6.07) is 3.44. The Labute approximate surface area is 131 Å². The van der Waals surface area contributed by atoms with Crippen molar-refractivity contribution in [3.8, 4) is 0 Å². The van der Waals surface area contributed by atoms with Crippen molar-refractivity contribution in [1.82, 2.24) is 0 Å². The number of nitrogens with zero attached hydrogens (tertiary/aromatic N) is 1. The molecular weight excluding hydrogens is 338 g/mol. The first-order valence-electron chi connectivity index (χ1n) is 7.07. The van der Waals surface area contributed by atoms with Gasteiger partial charge in [0, 0.05) is 40.4 Å². The molecule has 1 aliphatic heterocycles. The monoisotopic (exact) mass is 355 g/mol. The fraction of sp³-hybridized carbons (Fsp3) is 0.571. The smallest absolute Gasteiger partial charge is 0.273 e. The number of anilines is 1. The number of hydrogen-bond acceptors (Lipinski definition) is 5. The third-order valence-electron chi connectivity index (χ3n) is 4.48. The predicted molar refractivity (Wildman–Crippen MR) is 83.4 cm³/mol. The summed E-state index contributed by atoms with van der Waals surface area (Å²) in [7, 11) is 0. The Kier molecular flexibility index (Phi) is 3.90. The summed E-state index contributed by atoms with van der Waals surface area (Å²) < 4.78 is 6.47. The molecule has 0 spiro atoms. The Morgan fingerprint density at radius 2 is 2.29 bits per heavy atom. The van der Waals surface area contributed by atoms with Gasteiger partial charge in [-0.2, -0.15) is 0 Å². The van der Waals surface area contributed by atoms with Crippen molar-refractivity contribution in [3.05, 3.63) is 32.3 Å². The number of hydrogen-bond donors (Lipinski definition) is 2. The first kappa shape index (κ1) is 14.7. The number of nitrogens with one attached hydrogen (secondary N) is 1. The Morgan fingerprint density at radius 1 is 1.52 bits per heavy atom. The lowest BCUT2D eigenvalue weighted by Gasteiger charge is -2.52. The van der Waals surface area contributed by atoms with Crippen molar-refractivity contribution in [2.24, 2.45) is 11.7 Å². The number of nitrogens with two attached hydrogens (primary N) is 1. The zero-order chi connectivity index (χ0) is 15.1. The first-order chi connectivity index (χ1) is 9.99. The maximum absolute atomic E-state index is 10.9. The highest BCUT2D eigenvalue weighted by atomic mass is 79.9. The van der Waals surface area contributed by atoms with E-state index in [1.807, 2.05) is 0 Å². The summed E-state index contributed by atoms with van der Waals surface area (Å²) >= 11 is 3.39. The van der Waals surface area contributed by atoms with Crippen LogP contribution in [0.15, 0.2) is 16.6 Å². The number of rotatable bonds is 3. The molecule has 0 bridgehead atoms. The van der Waals surface area contributed by atoms with E-state index in [9.17, 15) is 10.1 Å². The standard InChI is InChI=1S/C14H18BrN3O3/c1-7-5-10(9(15)6-11(7)18(19)20)17-13-12(16)8-3-2-4-21-14(8)13/h5-6,8,12-14,17H,2-4,16H2,1H3. The van der Waals surface area contributed by atoms with Gasteiger partial charge in [-0.15, -0.1) is 0 Å². The van der Waals surface area contributed by atoms with Crippen molar-refractivity contribution in [1.29, 1.82) is 0 Å². The van der Waals surface area contributed by atoms with E-state index in [1.165, 1.54) is 6.07 Å². The van der Waals surface area contributed by atoms with Gasteiger partial charge < -0.3 is 15.8 Å². The van der Waals surface area contributed by atoms with Crippen LogP contribution in [0.5, 0.6) is 0 Å². The molecule has 1 saturated heterocycles. The van der Waals surface area contributed by atoms with Crippen LogP contribution in [-0.2, 0) is 4.74 Å². The molecular formula is C14H18BrN3O3. The second-order valence-corrected chi connectivity index (χ2v) is 6.62. The molecule has 1 aromatic rings. The van der Waals surface area contributed by atoms with Crippen molar-refractivity contribution in [2.75, 3.05) is 11.9 Å². The van der Waals surface area contributed by atoms with Crippen LogP contribution in [0.2, 0.25) is 0 Å². The Balaban J connectivity index is 1.79. The highest BCUT2D eigenvalue weighted by molar-refractivity contribution is 9.10. The van der Waals surface area contributed by atoms with E-state index in [4.69, 9.17) is 10.5 Å². The van der Waals surface area contributed by atoms with Crippen LogP contribution in [0.25, 0.3) is 0 Å². The molecule has 2 aliphatic rings. The molecule has 0 radical (unpaired) electrons. The summed E-state index contributed by atoms with van der Waals surface area (Å²) in [4.78, 5) is 10.6. The molecule has 0 amide bonds. The maximum Gasteiger partial charge on any atom is 0.273 e. The van der Waals surface area contributed by atoms with E-state index in [0.29, 0.717) is 16.0 Å². The number of nitro groups is 1. The number of halogens is 1. The van der Waals surface area contributed by atoms with Gasteiger partial charge in [0.15, 0.2) is 0 Å². The van der Waals surface area contributed by atoms with Gasteiger partial charge in [0.25, 0.3) is 5.69 Å². The molecule has 3 rings (SSSR count). The molecule has 3 N–H and O–H groups in total. The van der Waals surface area contributed by atoms with Crippen LogP contribution in [0, 0.1) is 23.0 Å². The highest BCUT2D eigenvalue weighted by Gasteiger charge is 2.50. The van der Waals surface area contributed by atoms with E-state index >= 15 is 0 Å². The van der Waals surface area contributed by atoms with Gasteiger partial charge in [0.1, 0.15) is 0 Å². The van der Waals surface area contributed by atoms with Crippen LogP contribution < -0.4 is 11.1 Å². The van der Waals surface area contributed by atoms with E-state index in [1.54, 1.807) is 13.0 Å². The Morgan fingerprint density at radius 3 is 3.00 bits per heavy atom. The van der Waals surface area contributed by atoms with Crippen LogP contribution in [0.4, 0.5) is 11.4 Å². The summed E-state index contributed by atoms with van der Waals surface area (Å²) in [5.74, 6) is 0.425. The Bertz CT molecular complexity index is 581. The number of nitro benzene ring substituents is 1. The normalized spacial score (nSPS) is 31.2. The SMILES string of the molecule is Cc1cc(NC2C(N)C3CCCOC32)c(Br)cc1[N+](=O)[O-]. The molecule has 6 nitrogen and oxygen atoms in total. The third kappa shape index (κ3) is 2.54. The van der Waals surface area contributed by atoms with Gasteiger partial charge in [0.2, 0.25) is 0 Å². The number of fused-ring (bicyclic) bond motifs is 1. The molecule has 114 valence electrons. The topological polar surface area (TPSA) is 90.4 Å². The van der Waals surface area contributed by atoms with Crippen molar-refractivity contribution in [2.45, 2.75) is 38.0 Å². The lowest BCUT2D eigenvalue weighted by atomic mass is 9.68. The van der Waals surface area contributed by atoms with E-state index in [-0.39, 0.29) is 28.8 Å². The second kappa shape index (κ2) is 5.55. The van der Waals surface area contributed by atoms with Gasteiger partial charge in [-0.1, -0.05) is 0 Å². The fourth-order valence-electron chi connectivity index (χ4n) is 3.28. The van der Waals surface area contributed by atoms with Crippen LogP contribution in [0.3, 0.4) is 0 Å². The number of benzene rings is 1. The van der Waals surface area contributed by atoms with Crippen molar-refractivity contribution >= 4 is 27.3 Å². The van der Waals surface area contributed by atoms with Crippen molar-refractivity contribution < 1.29 is 9.66 Å². The quantitative estimate of drug-likeness (QED) is 0.642. The number of ether oxygens (including phenoxy) is 1. The average molecular weight is 356 g/mol. The average Bonchev–Trinajstić information content (AvgIpc) is 2.46. The lowest BCUT2D eigenvalue weighted by molar-refractivity contribution is -0.385. The molecule has 21 heavy (non-hydrogen) atoms. The van der Waals surface area contributed by atoms with Crippen LogP contribution >= 0.6 is 15.9 Å². The van der Waals surface area contributed by atoms with Gasteiger partial charge in [-0.25, -0.2) is 0 Å². The predicted octanol–water partition coefficient (Wildman–Crippen LogP) is 2.58. The largest absolute Gasteiger partial charge is 0.377 e. The fourth-order valence-corrected chi connectivity index (χ4v) is 3.73. The summed E-state index contributed by atoms with van der Waals surface area (Å²) in [6.07, 6.45) is 2.34. The summed E-state index contributed by atoms with van der Waals surface area (Å²) in [6.45, 7) is 2.52. The minimum Gasteiger partial charge on any atom is -0.377 e. The van der Waals surface area contributed by atoms with E-state index < -0.39 is 0 Å². The van der Waals surface area contributed by atoms with Gasteiger partial charge >= 0.3 is 0 Å². The second-order valence-electron chi connectivity index (χ2n) is 5.76. The summed E-state index contributed by atoms with van der Waals surface area (Å²) in [5, 5.41) is 14.3. The minimum atomic E-state index is -0.376. The molecule has 4 atom stereocenters. The molecule has 7 heteroatoms. The molecule has 4 unspecified atom stereocenters. The minimum absolute atomic E-state index is 0.0625. The molecule has 1 aromatic carbocycles. The number of aryl methyl sites for hydroxylation is 1. The maximum atomic E-state index is 10.9. The van der Waals surface area contributed by atoms with E-state index in [0.717, 1.165) is 25.1 Å². The van der Waals surface area contributed by atoms with Crippen LogP contribution in [-0.4, -0.2) is 29.7 Å². The van der Waals surface area contributed by atoms with Gasteiger partial charge in [0.05, 0.1) is 17.1 Å². The van der Waals surface area contributed by atoms with Gasteiger partial charge in [-0.3, -0.25) is 10.1 Å². The van der Waals surface area contributed by atoms with Gasteiger partial charge in [-0.05, 0) is 41.8 Å². The third-order valence-corrected chi connectivity index (χ3v) is 5.14. The molecule has 0 aromatic heterocycles. The van der Waals surface area contributed by atoms with Crippen molar-refractivity contribution in [3.63, 3.8) is 0 Å². The highest BCUT2D eigenvalue weighted by Crippen LogP contribution is 2.40. The Hall–Kier alpha value is -1.18. The molecule has 2 fully saturated rings. The summed E-state index contributed by atoms with van der Waals surface area (Å²) in [5.41, 5.74) is 7.78. The lowest BCUT2D eigenvalue weighted by Crippen LogP contribution is -2.69. The zero-order valence-electron chi connectivity index (χ0n) is 11.7. The van der Waals surface area contributed by atoms with Crippen LogP contribution in [0.1, 0.15) is 18.4 Å². The molecule has 1 aliphatic carbocycles. The van der Waals surface area contributed by atoms with E-state index in [2.05, 4.69) is 21.2 Å². The molecule has 1 heterocycles.